The van der Waals surface area contributed by atoms with Crippen molar-refractivity contribution in [2.75, 3.05) is 18.6 Å². The number of halogens is 1. The van der Waals surface area contributed by atoms with Crippen molar-refractivity contribution in [2.24, 2.45) is 0 Å². The molecule has 0 bridgehead atoms. The number of hydrogen-bond donors (Lipinski definition) is 1. The molecule has 0 atom stereocenters. The molecule has 8 heteroatoms. The van der Waals surface area contributed by atoms with E-state index in [4.69, 9.17) is 21.7 Å². The number of methoxy groups -OCH3 is 1. The lowest BCUT2D eigenvalue weighted by Gasteiger charge is -2.29. The van der Waals surface area contributed by atoms with E-state index in [2.05, 4.69) is 18.5 Å². The SMILES string of the molecule is C=CCOc1c(CC=C)cc(/C=C2\C(=O)NC(=S)N(c3ccccc3F)C2=O)cc1OC. The van der Waals surface area contributed by atoms with Gasteiger partial charge in [0.2, 0.25) is 0 Å². The maximum atomic E-state index is 14.3. The standard InChI is InChI=1S/C24H21FN2O4S/c1-4-8-16-12-15(14-20(30-3)21(16)31-11-5-2)13-17-22(28)26-24(32)27(23(17)29)19-10-7-6-9-18(19)25/h4-7,9-10,12-14H,1-2,8,11H2,3H3,(H,26,28,32)/b17-13+. The van der Waals surface area contributed by atoms with Crippen molar-refractivity contribution in [1.82, 2.24) is 5.32 Å². The van der Waals surface area contributed by atoms with Crippen LogP contribution in [0.2, 0.25) is 0 Å². The van der Waals surface area contributed by atoms with Crippen LogP contribution in [0.3, 0.4) is 0 Å². The smallest absolute Gasteiger partial charge is 0.270 e. The van der Waals surface area contributed by atoms with E-state index in [0.717, 1.165) is 10.5 Å². The Bertz CT molecular complexity index is 1140. The maximum Gasteiger partial charge on any atom is 0.270 e. The van der Waals surface area contributed by atoms with Gasteiger partial charge in [0, 0.05) is 5.56 Å². The van der Waals surface area contributed by atoms with Gasteiger partial charge in [0.15, 0.2) is 16.6 Å². The molecule has 2 aromatic rings. The summed E-state index contributed by atoms with van der Waals surface area (Å²) in [6.45, 7) is 7.67. The minimum Gasteiger partial charge on any atom is -0.493 e. The molecule has 0 saturated carbocycles. The highest BCUT2D eigenvalue weighted by Crippen LogP contribution is 2.35. The zero-order valence-corrected chi connectivity index (χ0v) is 18.2. The highest BCUT2D eigenvalue weighted by atomic mass is 32.1. The van der Waals surface area contributed by atoms with Gasteiger partial charge >= 0.3 is 0 Å². The van der Waals surface area contributed by atoms with Crippen LogP contribution in [-0.4, -0.2) is 30.6 Å². The van der Waals surface area contributed by atoms with Gasteiger partial charge in [-0.3, -0.25) is 14.9 Å². The fourth-order valence-corrected chi connectivity index (χ4v) is 3.48. The molecule has 2 aromatic carbocycles. The maximum absolute atomic E-state index is 14.3. The number of rotatable bonds is 8. The van der Waals surface area contributed by atoms with E-state index in [1.54, 1.807) is 30.4 Å². The van der Waals surface area contributed by atoms with Crippen molar-refractivity contribution < 1.29 is 23.5 Å². The normalized spacial score (nSPS) is 14.9. The third-order valence-electron chi connectivity index (χ3n) is 4.59. The lowest BCUT2D eigenvalue weighted by molar-refractivity contribution is -0.122. The second kappa shape index (κ2) is 10.0. The molecule has 0 aromatic heterocycles. The fraction of sp³-hybridized carbons (Fsp3) is 0.125. The van der Waals surface area contributed by atoms with Crippen molar-refractivity contribution in [3.05, 3.63) is 84.2 Å². The molecule has 164 valence electrons. The van der Waals surface area contributed by atoms with Crippen molar-refractivity contribution in [2.45, 2.75) is 6.42 Å². The summed E-state index contributed by atoms with van der Waals surface area (Å²) < 4.78 is 25.5. The minimum atomic E-state index is -0.736. The third kappa shape index (κ3) is 4.60. The molecule has 6 nitrogen and oxygen atoms in total. The molecule has 1 heterocycles. The van der Waals surface area contributed by atoms with Crippen LogP contribution in [0.1, 0.15) is 11.1 Å². The Hall–Kier alpha value is -3.78. The van der Waals surface area contributed by atoms with Gasteiger partial charge in [0.1, 0.15) is 18.0 Å². The Kier molecular flexibility index (Phi) is 7.17. The topological polar surface area (TPSA) is 67.9 Å². The average molecular weight is 453 g/mol. The minimum absolute atomic E-state index is 0.0495. The van der Waals surface area contributed by atoms with E-state index in [1.807, 2.05) is 0 Å². The quantitative estimate of drug-likeness (QED) is 0.284. The van der Waals surface area contributed by atoms with E-state index in [9.17, 15) is 14.0 Å². The van der Waals surface area contributed by atoms with Crippen LogP contribution in [0.15, 0.2) is 67.3 Å². The van der Waals surface area contributed by atoms with Gasteiger partial charge in [-0.2, -0.15) is 0 Å². The molecule has 1 aliphatic heterocycles. The molecule has 0 spiro atoms. The van der Waals surface area contributed by atoms with Crippen molar-refractivity contribution in [3.63, 3.8) is 0 Å². The predicted octanol–water partition coefficient (Wildman–Crippen LogP) is 3.96. The first-order valence-corrected chi connectivity index (χ1v) is 10.0. The van der Waals surface area contributed by atoms with Crippen LogP contribution in [0.4, 0.5) is 10.1 Å². The van der Waals surface area contributed by atoms with Crippen LogP contribution in [0.25, 0.3) is 6.08 Å². The van der Waals surface area contributed by atoms with Gasteiger partial charge in [-0.05, 0) is 54.5 Å². The first-order chi connectivity index (χ1) is 15.4. The number of thiocarbonyl (C=S) groups is 1. The average Bonchev–Trinajstić information content (AvgIpc) is 2.77. The highest BCUT2D eigenvalue weighted by Gasteiger charge is 2.35. The molecule has 32 heavy (non-hydrogen) atoms. The zero-order valence-electron chi connectivity index (χ0n) is 17.4. The van der Waals surface area contributed by atoms with E-state index < -0.39 is 17.6 Å². The highest BCUT2D eigenvalue weighted by molar-refractivity contribution is 7.80. The number of ether oxygens (including phenoxy) is 2. The van der Waals surface area contributed by atoms with Gasteiger partial charge in [-0.25, -0.2) is 9.29 Å². The van der Waals surface area contributed by atoms with Gasteiger partial charge in [0.05, 0.1) is 12.8 Å². The Morgan fingerprint density at radius 3 is 2.59 bits per heavy atom. The van der Waals surface area contributed by atoms with E-state index in [1.165, 1.54) is 31.4 Å². The summed E-state index contributed by atoms with van der Waals surface area (Å²) in [6, 6.07) is 9.08. The van der Waals surface area contributed by atoms with E-state index in [0.29, 0.717) is 23.5 Å². The number of allylic oxidation sites excluding steroid dienone is 1. The molecule has 0 unspecified atom stereocenters. The summed E-state index contributed by atoms with van der Waals surface area (Å²) in [6.07, 6.45) is 5.17. The van der Waals surface area contributed by atoms with Crippen LogP contribution in [0, 0.1) is 5.82 Å². The Morgan fingerprint density at radius 1 is 1.19 bits per heavy atom. The first-order valence-electron chi connectivity index (χ1n) is 9.62. The molecule has 2 amide bonds. The Balaban J connectivity index is 2.08. The van der Waals surface area contributed by atoms with Gasteiger partial charge in [-0.15, -0.1) is 6.58 Å². The largest absolute Gasteiger partial charge is 0.493 e. The van der Waals surface area contributed by atoms with Gasteiger partial charge < -0.3 is 9.47 Å². The van der Waals surface area contributed by atoms with Crippen molar-refractivity contribution in [1.29, 1.82) is 0 Å². The van der Waals surface area contributed by atoms with Crippen LogP contribution in [0.5, 0.6) is 11.5 Å². The van der Waals surface area contributed by atoms with E-state index >= 15 is 0 Å². The molecule has 1 aliphatic rings. The third-order valence-corrected chi connectivity index (χ3v) is 4.87. The summed E-state index contributed by atoms with van der Waals surface area (Å²) in [5.41, 5.74) is 1.02. The number of benzene rings is 2. The number of nitrogens with one attached hydrogen (secondary N) is 1. The predicted molar refractivity (Wildman–Crippen MR) is 125 cm³/mol. The van der Waals surface area contributed by atoms with Crippen molar-refractivity contribution in [3.8, 4) is 11.5 Å². The van der Waals surface area contributed by atoms with Crippen LogP contribution in [-0.2, 0) is 16.0 Å². The van der Waals surface area contributed by atoms with Crippen LogP contribution < -0.4 is 19.7 Å². The monoisotopic (exact) mass is 452 g/mol. The molecule has 1 saturated heterocycles. The number of amides is 2. The lowest BCUT2D eigenvalue weighted by atomic mass is 10.0. The lowest BCUT2D eigenvalue weighted by Crippen LogP contribution is -2.54. The number of anilines is 1. The summed E-state index contributed by atoms with van der Waals surface area (Å²) in [5.74, 6) is -1.12. The van der Waals surface area contributed by atoms with Crippen molar-refractivity contribution >= 4 is 40.9 Å². The molecular formula is C24H21FN2O4S. The molecule has 0 aliphatic carbocycles. The molecule has 1 N–H and O–H groups in total. The summed E-state index contributed by atoms with van der Waals surface area (Å²) in [4.78, 5) is 26.7. The molecule has 3 rings (SSSR count). The summed E-state index contributed by atoms with van der Waals surface area (Å²) in [7, 11) is 1.49. The Labute approximate surface area is 190 Å². The van der Waals surface area contributed by atoms with Gasteiger partial charge in [-0.1, -0.05) is 30.9 Å². The first kappa shape index (κ1) is 22.9. The molecular weight excluding hydrogens is 431 g/mol. The molecule has 1 fully saturated rings. The number of hydrogen-bond acceptors (Lipinski definition) is 5. The molecule has 0 radical (unpaired) electrons. The second-order valence-electron chi connectivity index (χ2n) is 6.71. The number of carbonyl (C=O) groups excluding carboxylic acids is 2. The fourth-order valence-electron chi connectivity index (χ4n) is 3.21. The number of para-hydroxylation sites is 1. The number of nitrogens with zero attached hydrogens (tertiary/aromatic N) is 1. The number of carbonyl (C=O) groups is 2. The Morgan fingerprint density at radius 2 is 1.94 bits per heavy atom. The second-order valence-corrected chi connectivity index (χ2v) is 7.10. The van der Waals surface area contributed by atoms with Gasteiger partial charge in [0.25, 0.3) is 11.8 Å². The van der Waals surface area contributed by atoms with E-state index in [-0.39, 0.29) is 23.0 Å². The zero-order chi connectivity index (χ0) is 23.3. The van der Waals surface area contributed by atoms with Crippen LogP contribution >= 0.6 is 12.2 Å². The summed E-state index contributed by atoms with van der Waals surface area (Å²) in [5, 5.41) is 2.25. The summed E-state index contributed by atoms with van der Waals surface area (Å²) >= 11 is 5.12.